The van der Waals surface area contributed by atoms with Crippen LogP contribution >= 0.6 is 0 Å². The summed E-state index contributed by atoms with van der Waals surface area (Å²) in [7, 11) is -3.35. The van der Waals surface area contributed by atoms with E-state index in [1.165, 1.54) is 0 Å². The van der Waals surface area contributed by atoms with Crippen LogP contribution in [0.3, 0.4) is 0 Å². The lowest BCUT2D eigenvalue weighted by Gasteiger charge is -2.05. The van der Waals surface area contributed by atoms with Crippen LogP contribution in [0.2, 0.25) is 0 Å². The minimum absolute atomic E-state index is 0.171. The van der Waals surface area contributed by atoms with Crippen molar-refractivity contribution >= 4 is 32.5 Å². The summed E-state index contributed by atoms with van der Waals surface area (Å²) in [5.74, 6) is 0.171. The number of fused-ring (bicyclic) bond motifs is 1. The van der Waals surface area contributed by atoms with E-state index in [4.69, 9.17) is 10.3 Å². The Kier molecular flexibility index (Phi) is 2.27. The van der Waals surface area contributed by atoms with Gasteiger partial charge in [0.25, 0.3) is 0 Å². The zero-order valence-electron chi connectivity index (χ0n) is 8.81. The number of rotatable bonds is 2. The topological polar surface area (TPSA) is 98.2 Å². The normalized spacial score (nSPS) is 11.9. The fourth-order valence-electron chi connectivity index (χ4n) is 1.48. The van der Waals surface area contributed by atoms with E-state index in [2.05, 4.69) is 9.88 Å². The molecule has 0 saturated carbocycles. The van der Waals surface area contributed by atoms with Crippen LogP contribution in [-0.4, -0.2) is 19.8 Å². The number of benzene rings is 1. The van der Waals surface area contributed by atoms with Crippen LogP contribution in [0.15, 0.2) is 16.7 Å². The van der Waals surface area contributed by atoms with Crippen LogP contribution in [0.4, 0.5) is 11.5 Å². The van der Waals surface area contributed by atoms with Crippen molar-refractivity contribution in [2.75, 3.05) is 16.7 Å². The molecule has 0 spiro atoms. The summed E-state index contributed by atoms with van der Waals surface area (Å²) >= 11 is 0. The van der Waals surface area contributed by atoms with Gasteiger partial charge < -0.3 is 10.3 Å². The Morgan fingerprint density at radius 2 is 2.12 bits per heavy atom. The number of nitrogen functional groups attached to an aromatic ring is 1. The molecule has 0 bridgehead atoms. The van der Waals surface area contributed by atoms with E-state index in [1.54, 1.807) is 12.1 Å². The molecule has 0 fully saturated rings. The van der Waals surface area contributed by atoms with Gasteiger partial charge in [-0.1, -0.05) is 11.2 Å². The van der Waals surface area contributed by atoms with Gasteiger partial charge in [-0.05, 0) is 18.6 Å². The molecule has 0 aliphatic heterocycles. The highest BCUT2D eigenvalue weighted by Gasteiger charge is 2.14. The van der Waals surface area contributed by atoms with Gasteiger partial charge in [-0.25, -0.2) is 8.42 Å². The van der Waals surface area contributed by atoms with E-state index in [9.17, 15) is 8.42 Å². The van der Waals surface area contributed by atoms with Crippen molar-refractivity contribution in [2.24, 2.45) is 0 Å². The second kappa shape index (κ2) is 3.38. The lowest BCUT2D eigenvalue weighted by atomic mass is 10.1. The number of hydrogen-bond acceptors (Lipinski definition) is 5. The monoisotopic (exact) mass is 241 g/mol. The van der Waals surface area contributed by atoms with Crippen LogP contribution < -0.4 is 10.5 Å². The Balaban J connectivity index is 2.71. The number of sulfonamides is 1. The number of nitrogens with two attached hydrogens (primary N) is 1. The van der Waals surface area contributed by atoms with Crippen molar-refractivity contribution in [1.29, 1.82) is 0 Å². The summed E-state index contributed by atoms with van der Waals surface area (Å²) in [5.41, 5.74) is 7.34. The van der Waals surface area contributed by atoms with Crippen molar-refractivity contribution < 1.29 is 12.9 Å². The molecule has 0 saturated heterocycles. The zero-order chi connectivity index (χ0) is 11.9. The standard InChI is InChI=1S/C9H11N3O3S/c1-5-3-4-6(12-16(2,13)14)7-8(5)15-11-9(7)10/h3-4,12H,1-2H3,(H2,10,11). The summed E-state index contributed by atoms with van der Waals surface area (Å²) in [4.78, 5) is 0. The van der Waals surface area contributed by atoms with Crippen LogP contribution in [0, 0.1) is 6.92 Å². The lowest BCUT2D eigenvalue weighted by molar-refractivity contribution is 0.459. The first kappa shape index (κ1) is 10.7. The molecule has 1 heterocycles. The van der Waals surface area contributed by atoms with Crippen molar-refractivity contribution in [3.05, 3.63) is 17.7 Å². The Bertz CT molecular complexity index is 645. The Morgan fingerprint density at radius 1 is 1.44 bits per heavy atom. The highest BCUT2D eigenvalue weighted by Crippen LogP contribution is 2.31. The maximum absolute atomic E-state index is 11.2. The van der Waals surface area contributed by atoms with Gasteiger partial charge in [-0.3, -0.25) is 4.72 Å². The summed E-state index contributed by atoms with van der Waals surface area (Å²) in [6, 6.07) is 3.37. The van der Waals surface area contributed by atoms with Gasteiger partial charge in [0.2, 0.25) is 10.0 Å². The number of aryl methyl sites for hydroxylation is 1. The maximum atomic E-state index is 11.2. The maximum Gasteiger partial charge on any atom is 0.229 e. The molecule has 6 nitrogen and oxygen atoms in total. The van der Waals surface area contributed by atoms with E-state index in [1.807, 2.05) is 6.92 Å². The average Bonchev–Trinajstić information content (AvgIpc) is 2.52. The van der Waals surface area contributed by atoms with Gasteiger partial charge in [0.15, 0.2) is 11.4 Å². The highest BCUT2D eigenvalue weighted by atomic mass is 32.2. The van der Waals surface area contributed by atoms with Gasteiger partial charge in [-0.2, -0.15) is 0 Å². The largest absolute Gasteiger partial charge is 0.380 e. The summed E-state index contributed by atoms with van der Waals surface area (Å²) < 4.78 is 29.7. The zero-order valence-corrected chi connectivity index (χ0v) is 9.63. The molecule has 0 aliphatic carbocycles. The number of anilines is 2. The molecule has 0 unspecified atom stereocenters. The predicted molar refractivity (Wildman–Crippen MR) is 61.6 cm³/mol. The van der Waals surface area contributed by atoms with Crippen molar-refractivity contribution in [3.63, 3.8) is 0 Å². The van der Waals surface area contributed by atoms with Crippen LogP contribution in [-0.2, 0) is 10.0 Å². The third-order valence-electron chi connectivity index (χ3n) is 2.14. The van der Waals surface area contributed by atoms with Crippen LogP contribution in [0.5, 0.6) is 0 Å². The number of hydrogen-bond donors (Lipinski definition) is 2. The first-order valence-electron chi connectivity index (χ1n) is 4.51. The van der Waals surface area contributed by atoms with E-state index in [-0.39, 0.29) is 5.82 Å². The molecule has 86 valence electrons. The molecule has 0 radical (unpaired) electrons. The second-order valence-corrected chi connectivity index (χ2v) is 5.32. The summed E-state index contributed by atoms with van der Waals surface area (Å²) in [5, 5.41) is 4.11. The molecule has 0 amide bonds. The van der Waals surface area contributed by atoms with Gasteiger partial charge in [0, 0.05) is 0 Å². The molecule has 16 heavy (non-hydrogen) atoms. The van der Waals surface area contributed by atoms with Gasteiger partial charge in [0.05, 0.1) is 17.3 Å². The first-order valence-corrected chi connectivity index (χ1v) is 6.40. The van der Waals surface area contributed by atoms with Crippen LogP contribution in [0.25, 0.3) is 11.0 Å². The van der Waals surface area contributed by atoms with E-state index in [0.29, 0.717) is 16.7 Å². The van der Waals surface area contributed by atoms with Crippen LogP contribution in [0.1, 0.15) is 5.56 Å². The molecule has 7 heteroatoms. The minimum atomic E-state index is -3.35. The molecule has 2 rings (SSSR count). The van der Waals surface area contributed by atoms with Crippen molar-refractivity contribution in [3.8, 4) is 0 Å². The van der Waals surface area contributed by atoms with Crippen molar-refractivity contribution in [2.45, 2.75) is 6.92 Å². The fourth-order valence-corrected chi connectivity index (χ4v) is 2.05. The molecular formula is C9H11N3O3S. The third-order valence-corrected chi connectivity index (χ3v) is 2.73. The number of nitrogens with one attached hydrogen (secondary N) is 1. The summed E-state index contributed by atoms with van der Waals surface area (Å²) in [6.45, 7) is 1.83. The molecular weight excluding hydrogens is 230 g/mol. The smallest absolute Gasteiger partial charge is 0.229 e. The van der Waals surface area contributed by atoms with Crippen molar-refractivity contribution in [1.82, 2.24) is 5.16 Å². The predicted octanol–water partition coefficient (Wildman–Crippen LogP) is 1.09. The van der Waals surface area contributed by atoms with E-state index < -0.39 is 10.0 Å². The quantitative estimate of drug-likeness (QED) is 0.820. The molecule has 1 aromatic heterocycles. The van der Waals surface area contributed by atoms with Gasteiger partial charge >= 0.3 is 0 Å². The van der Waals surface area contributed by atoms with Gasteiger partial charge in [0.1, 0.15) is 0 Å². The second-order valence-electron chi connectivity index (χ2n) is 3.58. The van der Waals surface area contributed by atoms with Gasteiger partial charge in [-0.15, -0.1) is 0 Å². The number of nitrogens with zero attached hydrogens (tertiary/aromatic N) is 1. The number of aromatic nitrogens is 1. The molecule has 0 aliphatic rings. The Hall–Kier alpha value is -1.76. The minimum Gasteiger partial charge on any atom is -0.380 e. The SMILES string of the molecule is Cc1ccc(NS(C)(=O)=O)c2c(N)noc12. The lowest BCUT2D eigenvalue weighted by Crippen LogP contribution is -2.10. The molecule has 3 N–H and O–H groups in total. The highest BCUT2D eigenvalue weighted by molar-refractivity contribution is 7.92. The Labute approximate surface area is 92.5 Å². The van der Waals surface area contributed by atoms with E-state index in [0.717, 1.165) is 11.8 Å². The Morgan fingerprint density at radius 3 is 2.75 bits per heavy atom. The summed E-state index contributed by atoms with van der Waals surface area (Å²) in [6.07, 6.45) is 1.07. The fraction of sp³-hybridized carbons (Fsp3) is 0.222. The first-order chi connectivity index (χ1) is 7.38. The average molecular weight is 241 g/mol. The molecule has 0 atom stereocenters. The molecule has 1 aromatic carbocycles. The van der Waals surface area contributed by atoms with E-state index >= 15 is 0 Å². The molecule has 2 aromatic rings. The third kappa shape index (κ3) is 1.81.